The van der Waals surface area contributed by atoms with Crippen LogP contribution in [0.15, 0.2) is 29.1 Å². The molecule has 0 saturated heterocycles. The average molecular weight is 281 g/mol. The van der Waals surface area contributed by atoms with Gasteiger partial charge in [-0.15, -0.1) is 0 Å². The molecule has 2 rings (SSSR count). The molecule has 1 aromatic carbocycles. The first-order valence-corrected chi connectivity index (χ1v) is 5.91. The fraction of sp³-hybridized carbons (Fsp3) is 0.250. The predicted molar refractivity (Wildman–Crippen MR) is 67.7 cm³/mol. The molecule has 4 heteroatoms. The van der Waals surface area contributed by atoms with Crippen LogP contribution in [0, 0.1) is 0 Å². The lowest BCUT2D eigenvalue weighted by atomic mass is 10.1. The Hall–Kier alpha value is -1.29. The molecule has 0 aliphatic rings. The number of aromatic amines is 1. The Morgan fingerprint density at radius 3 is 2.81 bits per heavy atom. The maximum Gasteiger partial charge on any atom is 0.128 e. The Kier molecular flexibility index (Phi) is 3.29. The third kappa shape index (κ3) is 1.97. The lowest BCUT2D eigenvalue weighted by Crippen LogP contribution is -1.91. The number of nitrogens with zero attached hydrogens (tertiary/aromatic N) is 1. The summed E-state index contributed by atoms with van der Waals surface area (Å²) in [5, 5.41) is 0. The van der Waals surface area contributed by atoms with Crippen LogP contribution in [0.4, 0.5) is 0 Å². The molecular formula is C12H13BrN2O. The van der Waals surface area contributed by atoms with Gasteiger partial charge in [0, 0.05) is 5.56 Å². The maximum absolute atomic E-state index is 5.35. The molecule has 1 N–H and O–H groups in total. The zero-order valence-corrected chi connectivity index (χ0v) is 10.8. The highest BCUT2D eigenvalue weighted by atomic mass is 79.9. The highest BCUT2D eigenvalue weighted by molar-refractivity contribution is 9.10. The van der Waals surface area contributed by atoms with Gasteiger partial charge in [-0.1, -0.05) is 13.0 Å². The molecule has 0 aliphatic carbocycles. The molecule has 16 heavy (non-hydrogen) atoms. The SMILES string of the molecule is CCc1ccc(OC)c(-c2nc[nH]c2Br)c1. The van der Waals surface area contributed by atoms with Crippen LogP contribution < -0.4 is 4.74 Å². The number of hydrogen-bond donors (Lipinski definition) is 1. The van der Waals surface area contributed by atoms with E-state index < -0.39 is 0 Å². The van der Waals surface area contributed by atoms with Gasteiger partial charge in [-0.05, 0) is 40.0 Å². The molecule has 0 atom stereocenters. The van der Waals surface area contributed by atoms with E-state index in [1.54, 1.807) is 13.4 Å². The van der Waals surface area contributed by atoms with E-state index >= 15 is 0 Å². The van der Waals surface area contributed by atoms with Crippen molar-refractivity contribution in [2.75, 3.05) is 7.11 Å². The third-order valence-corrected chi connectivity index (χ3v) is 3.12. The number of halogens is 1. The number of ether oxygens (including phenoxy) is 1. The lowest BCUT2D eigenvalue weighted by Gasteiger charge is -2.08. The smallest absolute Gasteiger partial charge is 0.128 e. The summed E-state index contributed by atoms with van der Waals surface area (Å²) in [7, 11) is 1.67. The summed E-state index contributed by atoms with van der Waals surface area (Å²) in [5.41, 5.74) is 3.16. The summed E-state index contributed by atoms with van der Waals surface area (Å²) in [5.74, 6) is 0.838. The first-order chi connectivity index (χ1) is 7.76. The van der Waals surface area contributed by atoms with Crippen molar-refractivity contribution in [3.63, 3.8) is 0 Å². The maximum atomic E-state index is 5.35. The molecule has 84 valence electrons. The fourth-order valence-corrected chi connectivity index (χ4v) is 2.04. The molecule has 0 unspecified atom stereocenters. The number of nitrogens with one attached hydrogen (secondary N) is 1. The fourth-order valence-electron chi connectivity index (χ4n) is 1.63. The highest BCUT2D eigenvalue weighted by Crippen LogP contribution is 2.33. The minimum Gasteiger partial charge on any atom is -0.496 e. The minimum absolute atomic E-state index is 0.838. The summed E-state index contributed by atoms with van der Waals surface area (Å²) in [6, 6.07) is 6.16. The monoisotopic (exact) mass is 280 g/mol. The van der Waals surface area contributed by atoms with E-state index in [4.69, 9.17) is 4.74 Å². The van der Waals surface area contributed by atoms with Crippen LogP contribution in [-0.2, 0) is 6.42 Å². The second kappa shape index (κ2) is 4.70. The molecule has 3 nitrogen and oxygen atoms in total. The zero-order valence-electron chi connectivity index (χ0n) is 9.25. The van der Waals surface area contributed by atoms with Crippen LogP contribution in [0.2, 0.25) is 0 Å². The summed E-state index contributed by atoms with van der Waals surface area (Å²) in [4.78, 5) is 7.29. The van der Waals surface area contributed by atoms with E-state index in [2.05, 4.69) is 45.0 Å². The normalized spacial score (nSPS) is 10.4. The first kappa shape index (κ1) is 11.2. The molecule has 1 aromatic heterocycles. The van der Waals surface area contributed by atoms with Crippen molar-refractivity contribution in [1.82, 2.24) is 9.97 Å². The largest absolute Gasteiger partial charge is 0.496 e. The number of imidazole rings is 1. The second-order valence-corrected chi connectivity index (χ2v) is 4.25. The zero-order chi connectivity index (χ0) is 11.5. The molecule has 0 radical (unpaired) electrons. The van der Waals surface area contributed by atoms with Crippen LogP contribution in [0.5, 0.6) is 5.75 Å². The Morgan fingerprint density at radius 2 is 2.25 bits per heavy atom. The molecule has 2 aromatic rings. The summed E-state index contributed by atoms with van der Waals surface area (Å²) >= 11 is 3.44. The van der Waals surface area contributed by atoms with E-state index in [0.717, 1.165) is 28.0 Å². The molecule has 1 heterocycles. The van der Waals surface area contributed by atoms with Crippen molar-refractivity contribution in [1.29, 1.82) is 0 Å². The minimum atomic E-state index is 0.838. The average Bonchev–Trinajstić information content (AvgIpc) is 2.74. The van der Waals surface area contributed by atoms with Crippen LogP contribution in [0.25, 0.3) is 11.3 Å². The Morgan fingerprint density at radius 1 is 1.44 bits per heavy atom. The number of methoxy groups -OCH3 is 1. The lowest BCUT2D eigenvalue weighted by molar-refractivity contribution is 0.416. The molecule has 0 saturated carbocycles. The Labute approximate surface area is 103 Å². The van der Waals surface area contributed by atoms with Gasteiger partial charge in [-0.2, -0.15) is 0 Å². The van der Waals surface area contributed by atoms with E-state index in [9.17, 15) is 0 Å². The van der Waals surface area contributed by atoms with E-state index in [1.807, 2.05) is 6.07 Å². The van der Waals surface area contributed by atoms with Gasteiger partial charge in [-0.3, -0.25) is 0 Å². The van der Waals surface area contributed by atoms with Gasteiger partial charge in [0.15, 0.2) is 0 Å². The van der Waals surface area contributed by atoms with Crippen LogP contribution in [0.3, 0.4) is 0 Å². The van der Waals surface area contributed by atoms with Gasteiger partial charge >= 0.3 is 0 Å². The highest BCUT2D eigenvalue weighted by Gasteiger charge is 2.11. The van der Waals surface area contributed by atoms with Gasteiger partial charge in [0.05, 0.1) is 13.4 Å². The number of benzene rings is 1. The van der Waals surface area contributed by atoms with Crippen LogP contribution >= 0.6 is 15.9 Å². The van der Waals surface area contributed by atoms with Crippen molar-refractivity contribution in [3.05, 3.63) is 34.7 Å². The van der Waals surface area contributed by atoms with E-state index in [0.29, 0.717) is 0 Å². The number of H-pyrrole nitrogens is 1. The summed E-state index contributed by atoms with van der Waals surface area (Å²) < 4.78 is 6.22. The van der Waals surface area contributed by atoms with E-state index in [-0.39, 0.29) is 0 Å². The molecule has 0 amide bonds. The first-order valence-electron chi connectivity index (χ1n) is 5.12. The quantitative estimate of drug-likeness (QED) is 0.936. The number of aromatic nitrogens is 2. The molecule has 0 aliphatic heterocycles. The Bertz CT molecular complexity index is 494. The molecular weight excluding hydrogens is 268 g/mol. The van der Waals surface area contributed by atoms with Crippen LogP contribution in [0.1, 0.15) is 12.5 Å². The Balaban J connectivity index is 2.57. The molecule has 0 bridgehead atoms. The second-order valence-electron chi connectivity index (χ2n) is 3.45. The van der Waals surface area contributed by atoms with Gasteiger partial charge in [0.1, 0.15) is 16.0 Å². The van der Waals surface area contributed by atoms with Crippen molar-refractivity contribution in [2.45, 2.75) is 13.3 Å². The predicted octanol–water partition coefficient (Wildman–Crippen LogP) is 3.41. The van der Waals surface area contributed by atoms with Gasteiger partial charge < -0.3 is 9.72 Å². The van der Waals surface area contributed by atoms with Gasteiger partial charge in [0.25, 0.3) is 0 Å². The third-order valence-electron chi connectivity index (χ3n) is 2.52. The summed E-state index contributed by atoms with van der Waals surface area (Å²) in [6.45, 7) is 2.13. The number of rotatable bonds is 3. The standard InChI is InChI=1S/C12H13BrN2O/c1-3-8-4-5-10(16-2)9(6-8)11-12(13)15-7-14-11/h4-7H,3H2,1-2H3,(H,14,15). The summed E-state index contributed by atoms with van der Waals surface area (Å²) in [6.07, 6.45) is 2.66. The van der Waals surface area contributed by atoms with Gasteiger partial charge in [0.2, 0.25) is 0 Å². The van der Waals surface area contributed by atoms with Crippen molar-refractivity contribution in [2.24, 2.45) is 0 Å². The van der Waals surface area contributed by atoms with Crippen molar-refractivity contribution >= 4 is 15.9 Å². The molecule has 0 fully saturated rings. The van der Waals surface area contributed by atoms with Gasteiger partial charge in [-0.25, -0.2) is 4.98 Å². The molecule has 0 spiro atoms. The van der Waals surface area contributed by atoms with Crippen molar-refractivity contribution in [3.8, 4) is 17.0 Å². The number of aryl methyl sites for hydroxylation is 1. The van der Waals surface area contributed by atoms with E-state index in [1.165, 1.54) is 5.56 Å². The van der Waals surface area contributed by atoms with Crippen LogP contribution in [-0.4, -0.2) is 17.1 Å². The van der Waals surface area contributed by atoms with Crippen molar-refractivity contribution < 1.29 is 4.74 Å². The topological polar surface area (TPSA) is 37.9 Å². The number of hydrogen-bond acceptors (Lipinski definition) is 2.